The van der Waals surface area contributed by atoms with E-state index in [-0.39, 0.29) is 56.7 Å². The van der Waals surface area contributed by atoms with Gasteiger partial charge in [-0.05, 0) is 98.9 Å². The number of rotatable bonds is 30. The van der Waals surface area contributed by atoms with Crippen molar-refractivity contribution in [3.8, 4) is 35.1 Å². The molecule has 3 aromatic carbocycles. The molecule has 0 atom stereocenters. The molecule has 0 bridgehead atoms. The number of hydrogen-bond donors (Lipinski definition) is 0. The van der Waals surface area contributed by atoms with Gasteiger partial charge in [-0.25, -0.2) is 28.8 Å². The number of benzene rings is 3. The molecule has 6 rings (SSSR count). The van der Waals surface area contributed by atoms with Crippen LogP contribution in [0.1, 0.15) is 62.5 Å². The zero-order valence-corrected chi connectivity index (χ0v) is 48.1. The van der Waals surface area contributed by atoms with Gasteiger partial charge in [0.05, 0.1) is 50.9 Å². The fourth-order valence-corrected chi connectivity index (χ4v) is 11.0. The average molecular weight is 1230 g/mol. The van der Waals surface area contributed by atoms with E-state index in [1.807, 2.05) is 12.1 Å². The van der Waals surface area contributed by atoms with Crippen LogP contribution in [-0.4, -0.2) is 126 Å². The van der Waals surface area contributed by atoms with Gasteiger partial charge in [0.15, 0.2) is 0 Å². The maximum Gasteiger partial charge on any atom is 0.332 e. The molecule has 0 aromatic heterocycles. The minimum Gasteiger partial charge on any atom is -0.464 e. The van der Waals surface area contributed by atoms with Crippen LogP contribution in [0.5, 0.6) is 23.0 Å². The van der Waals surface area contributed by atoms with E-state index in [1.165, 1.54) is 12.1 Å². The lowest BCUT2D eigenvalue weighted by Gasteiger charge is -2.26. The molecule has 0 spiro atoms. The Morgan fingerprint density at radius 2 is 0.733 bits per heavy atom. The van der Waals surface area contributed by atoms with Crippen molar-refractivity contribution < 1.29 is 105 Å². The predicted octanol–water partition coefficient (Wildman–Crippen LogP) is 6.53. The largest absolute Gasteiger partial charge is 0.464 e. The second kappa shape index (κ2) is 34.8. The first-order valence-electron chi connectivity index (χ1n) is 27.0. The maximum atomic E-state index is 13.6. The minimum atomic E-state index is -0.755. The average Bonchev–Trinajstić information content (AvgIpc) is 2.33. The second-order valence-corrected chi connectivity index (χ2v) is 21.3. The van der Waals surface area contributed by atoms with Gasteiger partial charge >= 0.3 is 59.7 Å². The number of thioether (sulfide) groups is 2. The molecule has 0 radical (unpaired) electrons. The summed E-state index contributed by atoms with van der Waals surface area (Å²) in [4.78, 5) is 124. The lowest BCUT2D eigenvalue weighted by molar-refractivity contribution is -0.158. The van der Waals surface area contributed by atoms with E-state index in [9.17, 15) is 58.5 Å². The number of carbonyl (C=O) groups excluding carboxylic acids is 10. The lowest BCUT2D eigenvalue weighted by Crippen LogP contribution is -2.30. The fraction of sp³-hybridized carbons (Fsp3) is 0.400. The molecular formula is C60H60N2O22S2. The van der Waals surface area contributed by atoms with Gasteiger partial charge in [-0.3, -0.25) is 19.2 Å². The van der Waals surface area contributed by atoms with Crippen molar-refractivity contribution >= 4 is 83.2 Å². The van der Waals surface area contributed by atoms with Crippen LogP contribution in [0.25, 0.3) is 0 Å². The van der Waals surface area contributed by atoms with Crippen LogP contribution in [0.4, 0.5) is 0 Å². The molecular weight excluding hydrogens is 1160 g/mol. The van der Waals surface area contributed by atoms with Crippen LogP contribution in [0.3, 0.4) is 0 Å². The first-order valence-corrected chi connectivity index (χ1v) is 28.7. The highest BCUT2D eigenvalue weighted by atomic mass is 32.2. The van der Waals surface area contributed by atoms with Crippen molar-refractivity contribution in [2.45, 2.75) is 74.0 Å². The number of allylic oxidation sites excluding steroid dienone is 1. The fourth-order valence-electron chi connectivity index (χ4n) is 8.55. The van der Waals surface area contributed by atoms with Gasteiger partial charge in [-0.15, -0.1) is 0 Å². The lowest BCUT2D eigenvalue weighted by atomic mass is 9.82. The minimum absolute atomic E-state index is 0.0184. The molecule has 26 heteroatoms. The Morgan fingerprint density at radius 3 is 1.05 bits per heavy atom. The van der Waals surface area contributed by atoms with Gasteiger partial charge in [0, 0.05) is 25.0 Å². The third-order valence-electron chi connectivity index (χ3n) is 13.1. The molecule has 1 heterocycles. The number of ether oxygens (including phenoxy) is 12. The predicted molar refractivity (Wildman–Crippen MR) is 298 cm³/mol. The Labute approximate surface area is 502 Å². The van der Waals surface area contributed by atoms with Gasteiger partial charge < -0.3 is 56.8 Å². The SMILES string of the molecule is C=CC(=O)OCCOC(=O)COCC(=O)OCCc1ccc(OC(=O)[C@H]2CC[C@H](C(=O)Oc3ccc(OC(=O)[C@H]4CC[C@H](C(=O)Oc5ccc(CCOC(=O)COCC(=O)OCCOC(=O)C=C)cc5)CC4)c4c3SC(=C(C#N)C#N)S4)CC2)cc1. The summed E-state index contributed by atoms with van der Waals surface area (Å²) in [5.41, 5.74) is 1.40. The van der Waals surface area contributed by atoms with E-state index in [2.05, 4.69) is 22.6 Å². The van der Waals surface area contributed by atoms with Gasteiger partial charge in [-0.1, -0.05) is 60.9 Å². The third-order valence-corrected chi connectivity index (χ3v) is 15.7. The summed E-state index contributed by atoms with van der Waals surface area (Å²) in [6, 6.07) is 20.0. The van der Waals surface area contributed by atoms with Crippen molar-refractivity contribution in [2.24, 2.45) is 23.7 Å². The molecule has 1 aliphatic heterocycles. The number of carbonyl (C=O) groups is 10. The summed E-state index contributed by atoms with van der Waals surface area (Å²) in [5.74, 6) is -7.38. The van der Waals surface area contributed by atoms with Gasteiger partial charge in [0.1, 0.15) is 93.6 Å². The first kappa shape index (κ1) is 66.3. The molecule has 454 valence electrons. The molecule has 2 saturated carbocycles. The van der Waals surface area contributed by atoms with E-state index in [0.717, 1.165) is 46.8 Å². The highest BCUT2D eigenvalue weighted by Gasteiger charge is 2.37. The number of esters is 10. The zero-order chi connectivity index (χ0) is 61.8. The van der Waals surface area contributed by atoms with E-state index in [1.54, 1.807) is 48.5 Å². The monoisotopic (exact) mass is 1220 g/mol. The van der Waals surface area contributed by atoms with E-state index in [4.69, 9.17) is 47.4 Å². The number of nitriles is 2. The Morgan fingerprint density at radius 1 is 0.430 bits per heavy atom. The Kier molecular flexibility index (Phi) is 26.9. The van der Waals surface area contributed by atoms with Crippen molar-refractivity contribution in [3.63, 3.8) is 0 Å². The quantitative estimate of drug-likeness (QED) is 0.0171. The van der Waals surface area contributed by atoms with Gasteiger partial charge in [-0.2, -0.15) is 10.5 Å². The summed E-state index contributed by atoms with van der Waals surface area (Å²) in [7, 11) is 0. The van der Waals surface area contributed by atoms with Crippen molar-refractivity contribution in [2.75, 3.05) is 66.1 Å². The molecule has 3 aliphatic rings. The zero-order valence-electron chi connectivity index (χ0n) is 46.5. The van der Waals surface area contributed by atoms with E-state index < -0.39 is 110 Å². The standard InChI is InChI=1S/C60H60N2O22S2/c1-3-48(63)77-27-29-79-52(67)35-73-33-50(65)75-25-23-37-5-17-44(18-6-37)81-56(69)39-9-13-41(14-10-39)58(71)83-46-21-22-47(55-54(46)85-60(86-55)43(31-61)32-62)84-59(72)42-15-11-40(12-16-42)57(70)82-45-19-7-38(8-20-45)24-26-76-51(66)34-74-36-53(68)80-30-28-78-49(64)4-2/h3-8,17-22,39-42H,1-2,9-16,23-30,33-36H2/t39-,40-,41-,42-. The summed E-state index contributed by atoms with van der Waals surface area (Å²) < 4.78 is 62.8. The third kappa shape index (κ3) is 21.7. The highest BCUT2D eigenvalue weighted by Crippen LogP contribution is 2.59. The number of fused-ring (bicyclic) bond motifs is 1. The molecule has 86 heavy (non-hydrogen) atoms. The number of hydrogen-bond acceptors (Lipinski definition) is 26. The summed E-state index contributed by atoms with van der Waals surface area (Å²) >= 11 is 2.08. The molecule has 0 saturated heterocycles. The van der Waals surface area contributed by atoms with Crippen molar-refractivity contribution in [1.29, 1.82) is 10.5 Å². The van der Waals surface area contributed by atoms with Crippen LogP contribution >= 0.6 is 23.5 Å². The Bertz CT molecular complexity index is 2890. The summed E-state index contributed by atoms with van der Waals surface area (Å²) in [5, 5.41) is 19.4. The molecule has 0 unspecified atom stereocenters. The summed E-state index contributed by atoms with van der Waals surface area (Å²) in [6.07, 6.45) is 5.38. The van der Waals surface area contributed by atoms with Crippen LogP contribution in [-0.2, 0) is 98.7 Å². The summed E-state index contributed by atoms with van der Waals surface area (Å²) in [6.45, 7) is 3.88. The second-order valence-electron chi connectivity index (χ2n) is 19.0. The topological polar surface area (TPSA) is 329 Å². The van der Waals surface area contributed by atoms with Crippen molar-refractivity contribution in [1.82, 2.24) is 0 Å². The molecule has 24 nitrogen and oxygen atoms in total. The van der Waals surface area contributed by atoms with Gasteiger partial charge in [0.25, 0.3) is 0 Å². The smallest absolute Gasteiger partial charge is 0.332 e. The molecule has 3 aromatic rings. The first-order chi connectivity index (χ1) is 41.5. The van der Waals surface area contributed by atoms with Crippen LogP contribution in [0.15, 0.2) is 106 Å². The molecule has 0 N–H and O–H groups in total. The Hall–Kier alpha value is -8.82. The number of nitrogens with zero attached hydrogens (tertiary/aromatic N) is 2. The normalized spacial score (nSPS) is 16.6. The van der Waals surface area contributed by atoms with Gasteiger partial charge in [0.2, 0.25) is 0 Å². The molecule has 0 amide bonds. The molecule has 2 aliphatic carbocycles. The Balaban J connectivity index is 0.888. The van der Waals surface area contributed by atoms with Crippen LogP contribution in [0.2, 0.25) is 0 Å². The highest BCUT2D eigenvalue weighted by molar-refractivity contribution is 8.24. The maximum absolute atomic E-state index is 13.6. The van der Waals surface area contributed by atoms with E-state index >= 15 is 0 Å². The van der Waals surface area contributed by atoms with Crippen molar-refractivity contribution in [3.05, 3.63) is 107 Å². The van der Waals surface area contributed by atoms with Crippen LogP contribution < -0.4 is 18.9 Å². The molecule has 2 fully saturated rings. The van der Waals surface area contributed by atoms with Crippen LogP contribution in [0, 0.1) is 46.3 Å². The van der Waals surface area contributed by atoms with E-state index in [0.29, 0.717) is 89.7 Å².